The van der Waals surface area contributed by atoms with Crippen LogP contribution in [0, 0.1) is 5.92 Å². The molecule has 0 atom stereocenters. The minimum absolute atomic E-state index is 0.0959. The van der Waals surface area contributed by atoms with Gasteiger partial charge in [0.2, 0.25) is 0 Å². The fourth-order valence-corrected chi connectivity index (χ4v) is 2.74. The van der Waals surface area contributed by atoms with E-state index < -0.39 is 0 Å². The van der Waals surface area contributed by atoms with Crippen molar-refractivity contribution >= 4 is 5.91 Å². The number of nitrogens with zero attached hydrogens (tertiary/aromatic N) is 3. The number of likely N-dealkylation sites (tertiary alicyclic amines) is 1. The first-order valence-electron chi connectivity index (χ1n) is 7.58. The van der Waals surface area contributed by atoms with Crippen LogP contribution in [0.2, 0.25) is 0 Å². The fourth-order valence-electron chi connectivity index (χ4n) is 2.74. The highest BCUT2D eigenvalue weighted by Gasteiger charge is 2.20. The number of aromatic nitrogens is 2. The van der Waals surface area contributed by atoms with Crippen molar-refractivity contribution in [3.63, 3.8) is 0 Å². The third kappa shape index (κ3) is 3.92. The molecule has 6 heteroatoms. The lowest BCUT2D eigenvalue weighted by Crippen LogP contribution is -2.38. The largest absolute Gasteiger partial charge is 0.472 e. The summed E-state index contributed by atoms with van der Waals surface area (Å²) in [4.78, 5) is 22.1. The van der Waals surface area contributed by atoms with Crippen LogP contribution in [-0.2, 0) is 6.54 Å². The summed E-state index contributed by atoms with van der Waals surface area (Å²) in [6.45, 7) is 3.77. The average molecular weight is 300 g/mol. The van der Waals surface area contributed by atoms with Crippen molar-refractivity contribution in [1.29, 1.82) is 0 Å². The average Bonchev–Trinajstić information content (AvgIpc) is 3.08. The van der Waals surface area contributed by atoms with Crippen LogP contribution in [0.5, 0.6) is 0 Å². The van der Waals surface area contributed by atoms with E-state index in [0.29, 0.717) is 18.0 Å². The Bertz CT molecular complexity index is 577. The zero-order chi connectivity index (χ0) is 15.2. The highest BCUT2D eigenvalue weighted by molar-refractivity contribution is 5.93. The Morgan fingerprint density at radius 1 is 1.32 bits per heavy atom. The normalized spacial score (nSPS) is 16.5. The molecule has 22 heavy (non-hydrogen) atoms. The van der Waals surface area contributed by atoms with Crippen molar-refractivity contribution in [2.75, 3.05) is 19.6 Å². The predicted octanol–water partition coefficient (Wildman–Crippen LogP) is 1.71. The summed E-state index contributed by atoms with van der Waals surface area (Å²) in [6, 6.07) is 2.01. The third-order valence-corrected chi connectivity index (χ3v) is 4.07. The van der Waals surface area contributed by atoms with Gasteiger partial charge in [-0.2, -0.15) is 0 Å². The molecule has 3 heterocycles. The minimum Gasteiger partial charge on any atom is -0.472 e. The van der Waals surface area contributed by atoms with E-state index in [9.17, 15) is 4.79 Å². The molecule has 0 saturated carbocycles. The van der Waals surface area contributed by atoms with Gasteiger partial charge in [-0.05, 0) is 37.9 Å². The molecule has 0 spiro atoms. The van der Waals surface area contributed by atoms with Crippen molar-refractivity contribution < 1.29 is 9.21 Å². The first-order chi connectivity index (χ1) is 10.8. The number of nitrogens with one attached hydrogen (secondary N) is 1. The molecule has 0 aromatic carbocycles. The molecule has 1 aliphatic rings. The number of carbonyl (C=O) groups excluding carboxylic acids is 1. The second kappa shape index (κ2) is 7.17. The van der Waals surface area contributed by atoms with Crippen LogP contribution in [0.15, 0.2) is 41.7 Å². The molecule has 2 aromatic rings. The second-order valence-corrected chi connectivity index (χ2v) is 5.69. The van der Waals surface area contributed by atoms with Crippen LogP contribution in [0.4, 0.5) is 0 Å². The minimum atomic E-state index is -0.0959. The Labute approximate surface area is 129 Å². The van der Waals surface area contributed by atoms with Gasteiger partial charge in [0.1, 0.15) is 6.33 Å². The molecule has 1 saturated heterocycles. The Hall–Kier alpha value is -2.21. The summed E-state index contributed by atoms with van der Waals surface area (Å²) in [5.41, 5.74) is 1.73. The lowest BCUT2D eigenvalue weighted by atomic mass is 9.96. The van der Waals surface area contributed by atoms with E-state index in [1.165, 1.54) is 24.3 Å². The Morgan fingerprint density at radius 2 is 2.09 bits per heavy atom. The van der Waals surface area contributed by atoms with Gasteiger partial charge < -0.3 is 9.73 Å². The van der Waals surface area contributed by atoms with Crippen LogP contribution >= 0.6 is 0 Å². The van der Waals surface area contributed by atoms with Gasteiger partial charge in [0, 0.05) is 31.0 Å². The molecular formula is C16H20N4O2. The third-order valence-electron chi connectivity index (χ3n) is 4.07. The molecule has 0 bridgehead atoms. The lowest BCUT2D eigenvalue weighted by Gasteiger charge is -2.31. The molecular weight excluding hydrogens is 280 g/mol. The zero-order valence-electron chi connectivity index (χ0n) is 12.4. The maximum atomic E-state index is 12.0. The number of rotatable bonds is 5. The quantitative estimate of drug-likeness (QED) is 0.910. The van der Waals surface area contributed by atoms with Gasteiger partial charge in [-0.25, -0.2) is 9.97 Å². The molecule has 116 valence electrons. The van der Waals surface area contributed by atoms with E-state index in [2.05, 4.69) is 20.2 Å². The Balaban J connectivity index is 1.40. The number of hydrogen-bond donors (Lipinski definition) is 1. The van der Waals surface area contributed by atoms with Crippen LogP contribution in [-0.4, -0.2) is 40.4 Å². The molecule has 1 fully saturated rings. The standard InChI is InChI=1S/C16H20N4O2/c21-16(15-8-17-12-18-9-15)19-7-13-1-4-20(5-2-13)10-14-3-6-22-11-14/h3,6,8-9,11-13H,1-2,4-5,7,10H2,(H,19,21). The van der Waals surface area contributed by atoms with Crippen molar-refractivity contribution in [3.8, 4) is 0 Å². The van der Waals surface area contributed by atoms with Crippen molar-refractivity contribution in [2.24, 2.45) is 5.92 Å². The SMILES string of the molecule is O=C(NCC1CCN(Cc2ccoc2)CC1)c1cncnc1. The molecule has 1 aliphatic heterocycles. The van der Waals surface area contributed by atoms with Crippen LogP contribution < -0.4 is 5.32 Å². The van der Waals surface area contributed by atoms with Crippen LogP contribution in [0.25, 0.3) is 0 Å². The Morgan fingerprint density at radius 3 is 2.77 bits per heavy atom. The van der Waals surface area contributed by atoms with E-state index in [0.717, 1.165) is 32.5 Å². The molecule has 6 nitrogen and oxygen atoms in total. The van der Waals surface area contributed by atoms with Gasteiger partial charge in [0.25, 0.3) is 5.91 Å². The molecule has 0 aliphatic carbocycles. The smallest absolute Gasteiger partial charge is 0.254 e. The van der Waals surface area contributed by atoms with Crippen LogP contribution in [0.1, 0.15) is 28.8 Å². The maximum Gasteiger partial charge on any atom is 0.254 e. The number of furan rings is 1. The van der Waals surface area contributed by atoms with Crippen molar-refractivity contribution in [1.82, 2.24) is 20.2 Å². The molecule has 0 unspecified atom stereocenters. The topological polar surface area (TPSA) is 71.3 Å². The van der Waals surface area contributed by atoms with Gasteiger partial charge in [-0.3, -0.25) is 9.69 Å². The van der Waals surface area contributed by atoms with E-state index in [1.54, 1.807) is 12.5 Å². The highest BCUT2D eigenvalue weighted by atomic mass is 16.3. The van der Waals surface area contributed by atoms with Crippen molar-refractivity contribution in [2.45, 2.75) is 19.4 Å². The van der Waals surface area contributed by atoms with E-state index >= 15 is 0 Å². The fraction of sp³-hybridized carbons (Fsp3) is 0.438. The summed E-state index contributed by atoms with van der Waals surface area (Å²) in [7, 11) is 0. The van der Waals surface area contributed by atoms with Crippen molar-refractivity contribution in [3.05, 3.63) is 48.4 Å². The second-order valence-electron chi connectivity index (χ2n) is 5.69. The zero-order valence-corrected chi connectivity index (χ0v) is 12.4. The van der Waals surface area contributed by atoms with E-state index in [-0.39, 0.29) is 5.91 Å². The number of hydrogen-bond acceptors (Lipinski definition) is 5. The molecule has 1 amide bonds. The molecule has 0 radical (unpaired) electrons. The molecule has 1 N–H and O–H groups in total. The van der Waals surface area contributed by atoms with E-state index in [1.807, 2.05) is 6.07 Å². The van der Waals surface area contributed by atoms with Gasteiger partial charge in [-0.15, -0.1) is 0 Å². The first-order valence-corrected chi connectivity index (χ1v) is 7.58. The maximum absolute atomic E-state index is 12.0. The monoisotopic (exact) mass is 300 g/mol. The summed E-state index contributed by atoms with van der Waals surface area (Å²) < 4.78 is 5.10. The van der Waals surface area contributed by atoms with Gasteiger partial charge in [0.05, 0.1) is 18.1 Å². The lowest BCUT2D eigenvalue weighted by molar-refractivity contribution is 0.0934. The van der Waals surface area contributed by atoms with Gasteiger partial charge in [-0.1, -0.05) is 0 Å². The first kappa shape index (κ1) is 14.7. The summed E-state index contributed by atoms with van der Waals surface area (Å²) in [5, 5.41) is 2.98. The van der Waals surface area contributed by atoms with Gasteiger partial charge >= 0.3 is 0 Å². The Kier molecular flexibility index (Phi) is 4.80. The van der Waals surface area contributed by atoms with Crippen LogP contribution in [0.3, 0.4) is 0 Å². The summed E-state index contributed by atoms with van der Waals surface area (Å²) in [5.74, 6) is 0.440. The summed E-state index contributed by atoms with van der Waals surface area (Å²) >= 11 is 0. The molecule has 2 aromatic heterocycles. The number of piperidine rings is 1. The van der Waals surface area contributed by atoms with Gasteiger partial charge in [0.15, 0.2) is 0 Å². The number of carbonyl (C=O) groups is 1. The summed E-state index contributed by atoms with van der Waals surface area (Å²) in [6.07, 6.45) is 10.2. The molecule has 3 rings (SSSR count). The predicted molar refractivity (Wildman–Crippen MR) is 81.1 cm³/mol. The highest BCUT2D eigenvalue weighted by Crippen LogP contribution is 2.18. The number of amides is 1. The van der Waals surface area contributed by atoms with E-state index in [4.69, 9.17) is 4.42 Å².